The number of benzene rings is 1. The van der Waals surface area contributed by atoms with Crippen molar-refractivity contribution in [2.24, 2.45) is 7.05 Å². The van der Waals surface area contributed by atoms with Crippen LogP contribution in [0.25, 0.3) is 11.3 Å². The largest absolute Gasteiger partial charge is 0.421 e. The molecule has 0 fully saturated rings. The lowest BCUT2D eigenvalue weighted by molar-refractivity contribution is 0.407. The van der Waals surface area contributed by atoms with E-state index in [1.807, 2.05) is 6.92 Å². The predicted octanol–water partition coefficient (Wildman–Crippen LogP) is 3.80. The Hall–Kier alpha value is -3.07. The van der Waals surface area contributed by atoms with Crippen molar-refractivity contribution in [1.29, 1.82) is 0 Å². The van der Waals surface area contributed by atoms with E-state index >= 15 is 0 Å². The molecule has 0 bridgehead atoms. The molecule has 0 unspecified atom stereocenters. The number of hydrogen-bond acceptors (Lipinski definition) is 6. The highest BCUT2D eigenvalue weighted by atomic mass is 32.2. The summed E-state index contributed by atoms with van der Waals surface area (Å²) in [5.74, 6) is -0.847. The molecule has 2 aromatic heterocycles. The highest BCUT2D eigenvalue weighted by Crippen LogP contribution is 2.28. The lowest BCUT2D eigenvalue weighted by atomic mass is 10.2. The number of aryl methyl sites for hydroxylation is 2. The molecule has 1 aromatic carbocycles. The van der Waals surface area contributed by atoms with Crippen LogP contribution in [0.1, 0.15) is 31.0 Å². The summed E-state index contributed by atoms with van der Waals surface area (Å²) < 4.78 is 46.2. The first-order valence-electron chi connectivity index (χ1n) is 9.87. The minimum absolute atomic E-state index is 0.0279. The number of sulfone groups is 1. The number of rotatable bonds is 8. The molecule has 3 rings (SSSR count). The van der Waals surface area contributed by atoms with E-state index in [0.717, 1.165) is 6.42 Å². The third kappa shape index (κ3) is 5.75. The van der Waals surface area contributed by atoms with E-state index < -0.39 is 15.7 Å². The summed E-state index contributed by atoms with van der Waals surface area (Å²) in [6.07, 6.45) is 2.89. The van der Waals surface area contributed by atoms with Gasteiger partial charge in [-0.05, 0) is 37.1 Å². The highest BCUT2D eigenvalue weighted by Gasteiger charge is 2.18. The first-order chi connectivity index (χ1) is 14.7. The molecule has 0 aliphatic rings. The Labute approximate surface area is 180 Å². The van der Waals surface area contributed by atoms with Gasteiger partial charge < -0.3 is 9.30 Å². The van der Waals surface area contributed by atoms with Crippen molar-refractivity contribution in [1.82, 2.24) is 14.5 Å². The van der Waals surface area contributed by atoms with Crippen molar-refractivity contribution < 1.29 is 17.5 Å². The Bertz CT molecular complexity index is 1240. The van der Waals surface area contributed by atoms with Crippen LogP contribution in [0.15, 0.2) is 47.4 Å². The van der Waals surface area contributed by atoms with Crippen molar-refractivity contribution >= 4 is 9.84 Å². The molecule has 3 aromatic rings. The number of unbranched alkanes of at least 4 members (excludes halogenated alkanes) is 1. The van der Waals surface area contributed by atoms with Crippen molar-refractivity contribution in [2.75, 3.05) is 5.75 Å². The average molecular weight is 446 g/mol. The first-order valence-corrected chi connectivity index (χ1v) is 11.7. The molecule has 0 amide bonds. The minimum atomic E-state index is -3.39. The van der Waals surface area contributed by atoms with Gasteiger partial charge in [-0.1, -0.05) is 25.5 Å². The van der Waals surface area contributed by atoms with E-state index in [1.54, 1.807) is 44.4 Å². The summed E-state index contributed by atoms with van der Waals surface area (Å²) in [6.45, 7) is 3.60. The van der Waals surface area contributed by atoms with Gasteiger partial charge in [-0.15, -0.1) is 0 Å². The molecule has 9 heteroatoms. The van der Waals surface area contributed by atoms with E-state index in [9.17, 15) is 17.6 Å². The molecule has 0 atom stereocenters. The fourth-order valence-electron chi connectivity index (χ4n) is 2.99. The molecule has 0 aliphatic carbocycles. The molecule has 0 saturated carbocycles. The SMILES string of the molecule is CCCCS(=O)(=O)Cc1cc(-c2ccc(=O)n(C)c2)nc(Oc2c(C)cccc2F)n1. The molecular weight excluding hydrogens is 421 g/mol. The molecule has 164 valence electrons. The van der Waals surface area contributed by atoms with E-state index in [4.69, 9.17) is 4.74 Å². The van der Waals surface area contributed by atoms with Gasteiger partial charge in [-0.3, -0.25) is 4.79 Å². The Morgan fingerprint density at radius 3 is 2.61 bits per heavy atom. The van der Waals surface area contributed by atoms with Gasteiger partial charge in [0.2, 0.25) is 5.56 Å². The van der Waals surface area contributed by atoms with Crippen LogP contribution in [0.5, 0.6) is 11.8 Å². The van der Waals surface area contributed by atoms with Gasteiger partial charge in [0.05, 0.1) is 22.9 Å². The maximum absolute atomic E-state index is 14.3. The van der Waals surface area contributed by atoms with Crippen LogP contribution in [0.3, 0.4) is 0 Å². The van der Waals surface area contributed by atoms with Crippen LogP contribution in [0, 0.1) is 12.7 Å². The average Bonchev–Trinajstić information content (AvgIpc) is 2.71. The molecular formula is C22H24FN3O4S. The van der Waals surface area contributed by atoms with Crippen LogP contribution in [-0.2, 0) is 22.6 Å². The van der Waals surface area contributed by atoms with Gasteiger partial charge in [-0.2, -0.15) is 9.97 Å². The van der Waals surface area contributed by atoms with Crippen molar-refractivity contribution in [2.45, 2.75) is 32.4 Å². The number of aromatic nitrogens is 3. The number of ether oxygens (including phenoxy) is 1. The molecule has 31 heavy (non-hydrogen) atoms. The number of halogens is 1. The van der Waals surface area contributed by atoms with Gasteiger partial charge in [0, 0.05) is 24.9 Å². The lowest BCUT2D eigenvalue weighted by Gasteiger charge is -2.12. The summed E-state index contributed by atoms with van der Waals surface area (Å²) >= 11 is 0. The van der Waals surface area contributed by atoms with Crippen LogP contribution < -0.4 is 10.3 Å². The fraction of sp³-hybridized carbons (Fsp3) is 0.318. The standard InChI is InChI=1S/C22H24FN3O4S/c1-4-5-11-31(28,29)14-17-12-19(16-9-10-20(27)26(3)13-16)25-22(24-17)30-21-15(2)7-6-8-18(21)23/h6-10,12-13H,4-5,11,14H2,1-3H3. The highest BCUT2D eigenvalue weighted by molar-refractivity contribution is 7.90. The summed E-state index contributed by atoms with van der Waals surface area (Å²) in [5.41, 5.74) is 1.54. The molecule has 0 spiro atoms. The summed E-state index contributed by atoms with van der Waals surface area (Å²) in [5, 5.41) is 0. The molecule has 2 heterocycles. The summed E-state index contributed by atoms with van der Waals surface area (Å²) in [6, 6.07) is 8.85. The summed E-state index contributed by atoms with van der Waals surface area (Å²) in [7, 11) is -1.79. The normalized spacial score (nSPS) is 11.5. The number of para-hydroxylation sites is 1. The number of nitrogens with zero attached hydrogens (tertiary/aromatic N) is 3. The minimum Gasteiger partial charge on any atom is -0.421 e. The Morgan fingerprint density at radius 2 is 1.94 bits per heavy atom. The third-order valence-electron chi connectivity index (χ3n) is 4.67. The van der Waals surface area contributed by atoms with E-state index in [0.29, 0.717) is 23.2 Å². The second kappa shape index (κ2) is 9.38. The van der Waals surface area contributed by atoms with Gasteiger partial charge in [0.1, 0.15) is 0 Å². The molecule has 7 nitrogen and oxygen atoms in total. The first kappa shape index (κ1) is 22.6. The molecule has 0 saturated heterocycles. The van der Waals surface area contributed by atoms with Crippen molar-refractivity contribution in [3.63, 3.8) is 0 Å². The zero-order valence-corrected chi connectivity index (χ0v) is 18.4. The molecule has 0 N–H and O–H groups in total. The van der Waals surface area contributed by atoms with Crippen LogP contribution in [-0.4, -0.2) is 28.7 Å². The second-order valence-electron chi connectivity index (χ2n) is 7.33. The Balaban J connectivity index is 2.07. The van der Waals surface area contributed by atoms with Crippen LogP contribution in [0.4, 0.5) is 4.39 Å². The predicted molar refractivity (Wildman–Crippen MR) is 116 cm³/mol. The van der Waals surface area contributed by atoms with Gasteiger partial charge >= 0.3 is 6.01 Å². The monoisotopic (exact) mass is 445 g/mol. The van der Waals surface area contributed by atoms with Crippen molar-refractivity contribution in [3.05, 3.63) is 70.0 Å². The maximum Gasteiger partial charge on any atom is 0.322 e. The van der Waals surface area contributed by atoms with Gasteiger partial charge in [0.25, 0.3) is 0 Å². The number of pyridine rings is 1. The topological polar surface area (TPSA) is 91.2 Å². The third-order valence-corrected chi connectivity index (χ3v) is 6.32. The molecule has 0 radical (unpaired) electrons. The maximum atomic E-state index is 14.3. The van der Waals surface area contributed by atoms with Gasteiger partial charge in [-0.25, -0.2) is 12.8 Å². The summed E-state index contributed by atoms with van der Waals surface area (Å²) in [4.78, 5) is 20.3. The fourth-order valence-corrected chi connectivity index (χ4v) is 4.46. The van der Waals surface area contributed by atoms with Crippen LogP contribution in [0.2, 0.25) is 0 Å². The van der Waals surface area contributed by atoms with E-state index in [2.05, 4.69) is 9.97 Å². The van der Waals surface area contributed by atoms with Crippen LogP contribution >= 0.6 is 0 Å². The molecule has 0 aliphatic heterocycles. The second-order valence-corrected chi connectivity index (χ2v) is 9.51. The zero-order valence-electron chi connectivity index (χ0n) is 17.6. The number of hydrogen-bond donors (Lipinski definition) is 0. The lowest BCUT2D eigenvalue weighted by Crippen LogP contribution is -2.14. The van der Waals surface area contributed by atoms with E-state index in [1.165, 1.54) is 16.7 Å². The smallest absolute Gasteiger partial charge is 0.322 e. The van der Waals surface area contributed by atoms with E-state index in [-0.39, 0.29) is 34.5 Å². The quantitative estimate of drug-likeness (QED) is 0.524. The van der Waals surface area contributed by atoms with Crippen molar-refractivity contribution in [3.8, 4) is 23.0 Å². The van der Waals surface area contributed by atoms with Gasteiger partial charge in [0.15, 0.2) is 21.4 Å². The zero-order chi connectivity index (χ0) is 22.6. The Kier molecular flexibility index (Phi) is 6.84. The Morgan fingerprint density at radius 1 is 1.16 bits per heavy atom.